The van der Waals surface area contributed by atoms with Gasteiger partial charge in [-0.05, 0) is 32.4 Å². The molecule has 1 aliphatic heterocycles. The number of sulfone groups is 1. The summed E-state index contributed by atoms with van der Waals surface area (Å²) in [6, 6.07) is 8.59. The summed E-state index contributed by atoms with van der Waals surface area (Å²) in [7, 11) is -3.31. The van der Waals surface area contributed by atoms with Crippen molar-refractivity contribution in [3.05, 3.63) is 30.3 Å². The average molecular weight is 284 g/mol. The lowest BCUT2D eigenvalue weighted by molar-refractivity contribution is -0.185. The van der Waals surface area contributed by atoms with Crippen LogP contribution >= 0.6 is 0 Å². The Bertz CT molecular complexity index is 497. The van der Waals surface area contributed by atoms with Gasteiger partial charge in [-0.25, -0.2) is 8.42 Å². The van der Waals surface area contributed by atoms with Crippen LogP contribution in [0.5, 0.6) is 0 Å². The lowest BCUT2D eigenvalue weighted by atomic mass is 10.1. The van der Waals surface area contributed by atoms with Crippen LogP contribution in [-0.2, 0) is 19.3 Å². The second-order valence-corrected chi connectivity index (χ2v) is 7.01. The van der Waals surface area contributed by atoms with Crippen molar-refractivity contribution in [3.8, 4) is 0 Å². The first-order valence-corrected chi connectivity index (χ1v) is 8.14. The van der Waals surface area contributed by atoms with E-state index < -0.39 is 21.4 Å². The molecule has 0 saturated carbocycles. The predicted molar refractivity (Wildman–Crippen MR) is 72.6 cm³/mol. The number of ether oxygens (including phenoxy) is 2. The Labute approximate surface area is 114 Å². The van der Waals surface area contributed by atoms with E-state index in [-0.39, 0.29) is 6.10 Å². The summed E-state index contributed by atoms with van der Waals surface area (Å²) >= 11 is 0. The molecule has 1 aromatic rings. The van der Waals surface area contributed by atoms with Gasteiger partial charge in [0.05, 0.1) is 16.2 Å². The summed E-state index contributed by atoms with van der Waals surface area (Å²) in [5.74, 6) is 0. The highest BCUT2D eigenvalue weighted by atomic mass is 32.2. The second-order valence-electron chi connectivity index (χ2n) is 4.78. The predicted octanol–water partition coefficient (Wildman–Crippen LogP) is 2.39. The molecule has 19 heavy (non-hydrogen) atoms. The Kier molecular flexibility index (Phi) is 4.60. The summed E-state index contributed by atoms with van der Waals surface area (Å²) in [6.45, 7) is 4.29. The van der Waals surface area contributed by atoms with Crippen LogP contribution in [0.15, 0.2) is 35.2 Å². The number of rotatable bonds is 4. The van der Waals surface area contributed by atoms with Crippen LogP contribution in [0.3, 0.4) is 0 Å². The molecule has 0 aliphatic carbocycles. The molecule has 0 bridgehead atoms. The first-order chi connectivity index (χ1) is 9.04. The highest BCUT2D eigenvalue weighted by molar-refractivity contribution is 7.92. The van der Waals surface area contributed by atoms with E-state index in [1.165, 1.54) is 0 Å². The fourth-order valence-corrected chi connectivity index (χ4v) is 4.26. The summed E-state index contributed by atoms with van der Waals surface area (Å²) in [4.78, 5) is 0.379. The molecule has 0 N–H and O–H groups in total. The molecule has 1 heterocycles. The molecular weight excluding hydrogens is 264 g/mol. The minimum atomic E-state index is -3.31. The smallest absolute Gasteiger partial charge is 0.181 e. The molecule has 3 atom stereocenters. The molecule has 0 unspecified atom stereocenters. The van der Waals surface area contributed by atoms with Crippen LogP contribution in [0, 0.1) is 0 Å². The first kappa shape index (κ1) is 14.5. The van der Waals surface area contributed by atoms with Crippen LogP contribution in [0.2, 0.25) is 0 Å². The standard InChI is InChI=1S/C14H20O4S/c1-3-17-14-10-13(9-11(2)18-14)19(15,16)12-7-5-4-6-8-12/h4-8,11,13-14H,3,9-10H2,1-2H3/t11-,13+,14-/m1/s1. The lowest BCUT2D eigenvalue weighted by Gasteiger charge is -2.33. The highest BCUT2D eigenvalue weighted by Crippen LogP contribution is 2.29. The van der Waals surface area contributed by atoms with Crippen molar-refractivity contribution < 1.29 is 17.9 Å². The molecular formula is C14H20O4S. The van der Waals surface area contributed by atoms with E-state index in [0.717, 1.165) is 0 Å². The molecule has 1 aromatic carbocycles. The van der Waals surface area contributed by atoms with Crippen molar-refractivity contribution in [2.75, 3.05) is 6.61 Å². The van der Waals surface area contributed by atoms with Crippen molar-refractivity contribution in [2.24, 2.45) is 0 Å². The number of hydrogen-bond acceptors (Lipinski definition) is 4. The van der Waals surface area contributed by atoms with Gasteiger partial charge in [-0.1, -0.05) is 18.2 Å². The largest absolute Gasteiger partial charge is 0.353 e. The van der Waals surface area contributed by atoms with Gasteiger partial charge in [0.15, 0.2) is 16.1 Å². The molecule has 4 nitrogen and oxygen atoms in total. The Morgan fingerprint density at radius 3 is 2.58 bits per heavy atom. The zero-order valence-corrected chi connectivity index (χ0v) is 12.1. The van der Waals surface area contributed by atoms with E-state index in [9.17, 15) is 8.42 Å². The lowest BCUT2D eigenvalue weighted by Crippen LogP contribution is -2.39. The van der Waals surface area contributed by atoms with E-state index >= 15 is 0 Å². The summed E-state index contributed by atoms with van der Waals surface area (Å²) < 4.78 is 36.2. The van der Waals surface area contributed by atoms with Crippen molar-refractivity contribution in [3.63, 3.8) is 0 Å². The van der Waals surface area contributed by atoms with Gasteiger partial charge in [-0.2, -0.15) is 0 Å². The molecule has 0 amide bonds. The van der Waals surface area contributed by atoms with Gasteiger partial charge in [0, 0.05) is 13.0 Å². The summed E-state index contributed by atoms with van der Waals surface area (Å²) in [6.07, 6.45) is 0.391. The number of benzene rings is 1. The van der Waals surface area contributed by atoms with Gasteiger partial charge >= 0.3 is 0 Å². The van der Waals surface area contributed by atoms with E-state index in [2.05, 4.69) is 0 Å². The van der Waals surface area contributed by atoms with Crippen LogP contribution in [0.4, 0.5) is 0 Å². The third kappa shape index (κ3) is 3.35. The first-order valence-electron chi connectivity index (χ1n) is 6.60. The normalized spacial score (nSPS) is 28.2. The van der Waals surface area contributed by atoms with Crippen molar-refractivity contribution in [1.29, 1.82) is 0 Å². The molecule has 1 saturated heterocycles. The molecule has 1 aliphatic rings. The number of hydrogen-bond donors (Lipinski definition) is 0. The molecule has 1 fully saturated rings. The van der Waals surface area contributed by atoms with Gasteiger partial charge in [-0.3, -0.25) is 0 Å². The minimum Gasteiger partial charge on any atom is -0.353 e. The van der Waals surface area contributed by atoms with E-state index in [1.807, 2.05) is 19.9 Å². The Morgan fingerprint density at radius 1 is 1.26 bits per heavy atom. The Balaban J connectivity index is 2.20. The van der Waals surface area contributed by atoms with Crippen LogP contribution in [-0.4, -0.2) is 32.7 Å². The van der Waals surface area contributed by atoms with E-state index in [0.29, 0.717) is 24.3 Å². The van der Waals surface area contributed by atoms with Gasteiger partial charge in [0.2, 0.25) is 0 Å². The molecule has 106 valence electrons. The maximum atomic E-state index is 12.6. The molecule has 5 heteroatoms. The van der Waals surface area contributed by atoms with Gasteiger partial charge in [0.1, 0.15) is 0 Å². The molecule has 0 aromatic heterocycles. The van der Waals surface area contributed by atoms with Gasteiger partial charge in [0.25, 0.3) is 0 Å². The fourth-order valence-electron chi connectivity index (χ4n) is 2.40. The fraction of sp³-hybridized carbons (Fsp3) is 0.571. The van der Waals surface area contributed by atoms with Crippen molar-refractivity contribution in [2.45, 2.75) is 49.2 Å². The second kappa shape index (κ2) is 6.03. The van der Waals surface area contributed by atoms with Crippen LogP contribution in [0.25, 0.3) is 0 Å². The zero-order chi connectivity index (χ0) is 13.9. The van der Waals surface area contributed by atoms with Crippen LogP contribution < -0.4 is 0 Å². The summed E-state index contributed by atoms with van der Waals surface area (Å²) in [5, 5.41) is -0.435. The van der Waals surface area contributed by atoms with E-state index in [4.69, 9.17) is 9.47 Å². The minimum absolute atomic E-state index is 0.103. The van der Waals surface area contributed by atoms with E-state index in [1.54, 1.807) is 24.3 Å². The maximum absolute atomic E-state index is 12.6. The van der Waals surface area contributed by atoms with Crippen molar-refractivity contribution >= 4 is 9.84 Å². The third-order valence-corrected chi connectivity index (χ3v) is 5.49. The Hall–Kier alpha value is -0.910. The van der Waals surface area contributed by atoms with Crippen molar-refractivity contribution in [1.82, 2.24) is 0 Å². The quantitative estimate of drug-likeness (QED) is 0.852. The average Bonchev–Trinajstić information content (AvgIpc) is 2.39. The maximum Gasteiger partial charge on any atom is 0.181 e. The monoisotopic (exact) mass is 284 g/mol. The zero-order valence-electron chi connectivity index (χ0n) is 11.3. The molecule has 2 rings (SSSR count). The molecule has 0 spiro atoms. The topological polar surface area (TPSA) is 52.6 Å². The third-order valence-electron chi connectivity index (χ3n) is 3.30. The highest BCUT2D eigenvalue weighted by Gasteiger charge is 2.36. The van der Waals surface area contributed by atoms with Gasteiger partial charge < -0.3 is 9.47 Å². The molecule has 0 radical (unpaired) electrons. The Morgan fingerprint density at radius 2 is 1.95 bits per heavy atom. The summed E-state index contributed by atoms with van der Waals surface area (Å²) in [5.41, 5.74) is 0. The SMILES string of the molecule is CCO[C@H]1C[C@@H](S(=O)(=O)c2ccccc2)C[C@@H](C)O1. The van der Waals surface area contributed by atoms with Gasteiger partial charge in [-0.15, -0.1) is 0 Å². The van der Waals surface area contributed by atoms with Crippen LogP contribution in [0.1, 0.15) is 26.7 Å².